The molecule has 0 spiro atoms. The minimum atomic E-state index is 0.495. The first kappa shape index (κ1) is 7.17. The van der Waals surface area contributed by atoms with Gasteiger partial charge in [-0.3, -0.25) is 0 Å². The zero-order valence-corrected chi connectivity index (χ0v) is 6.97. The molecule has 0 aliphatic heterocycles. The second-order valence-corrected chi connectivity index (χ2v) is 3.09. The molecule has 12 heavy (non-hydrogen) atoms. The van der Waals surface area contributed by atoms with Crippen LogP contribution in [0.5, 0.6) is 0 Å². The van der Waals surface area contributed by atoms with Crippen molar-refractivity contribution in [1.82, 2.24) is 4.37 Å². The highest BCUT2D eigenvalue weighted by molar-refractivity contribution is 7.11. The normalized spacial score (nSPS) is 10.3. The van der Waals surface area contributed by atoms with Crippen molar-refractivity contribution in [2.24, 2.45) is 0 Å². The first-order chi connectivity index (χ1) is 5.79. The maximum atomic E-state index is 5.66. The summed E-state index contributed by atoms with van der Waals surface area (Å²) in [5.74, 6) is 0.653. The van der Waals surface area contributed by atoms with Crippen LogP contribution in [0.2, 0.25) is 0 Å². The van der Waals surface area contributed by atoms with Crippen molar-refractivity contribution in [3.05, 3.63) is 18.4 Å². The molecule has 0 saturated heterocycles. The smallest absolute Gasteiger partial charge is 0.155 e. The van der Waals surface area contributed by atoms with Gasteiger partial charge in [-0.1, -0.05) is 0 Å². The minimum absolute atomic E-state index is 0.495. The van der Waals surface area contributed by atoms with Gasteiger partial charge in [0, 0.05) is 0 Å². The van der Waals surface area contributed by atoms with E-state index in [9.17, 15) is 0 Å². The van der Waals surface area contributed by atoms with E-state index in [1.807, 2.05) is 0 Å². The van der Waals surface area contributed by atoms with Crippen molar-refractivity contribution >= 4 is 22.2 Å². The number of aromatic nitrogens is 1. The summed E-state index contributed by atoms with van der Waals surface area (Å²) in [7, 11) is 0. The molecule has 2 aromatic rings. The Morgan fingerprint density at radius 1 is 1.42 bits per heavy atom. The van der Waals surface area contributed by atoms with Gasteiger partial charge in [-0.05, 0) is 23.7 Å². The number of rotatable bonds is 1. The number of hydrogen-bond acceptors (Lipinski definition) is 5. The number of anilines is 2. The third kappa shape index (κ3) is 0.947. The molecular formula is C7H7N3OS. The highest BCUT2D eigenvalue weighted by Gasteiger charge is 2.11. The van der Waals surface area contributed by atoms with E-state index in [4.69, 9.17) is 15.9 Å². The molecule has 2 aromatic heterocycles. The van der Waals surface area contributed by atoms with E-state index >= 15 is 0 Å². The zero-order valence-electron chi connectivity index (χ0n) is 6.15. The molecule has 2 heterocycles. The van der Waals surface area contributed by atoms with Crippen LogP contribution in [-0.2, 0) is 0 Å². The molecule has 0 saturated carbocycles. The monoisotopic (exact) mass is 181 g/mol. The van der Waals surface area contributed by atoms with Crippen LogP contribution in [0.3, 0.4) is 0 Å². The van der Waals surface area contributed by atoms with Gasteiger partial charge in [0.25, 0.3) is 0 Å². The summed E-state index contributed by atoms with van der Waals surface area (Å²) in [5, 5.41) is 0.529. The average Bonchev–Trinajstić information content (AvgIpc) is 2.64. The summed E-state index contributed by atoms with van der Waals surface area (Å²) in [6.45, 7) is 0. The molecule has 4 nitrogen and oxygen atoms in total. The Hall–Kier alpha value is -1.49. The van der Waals surface area contributed by atoms with E-state index in [0.29, 0.717) is 22.1 Å². The first-order valence-corrected chi connectivity index (χ1v) is 4.11. The average molecular weight is 181 g/mol. The van der Waals surface area contributed by atoms with Crippen molar-refractivity contribution in [1.29, 1.82) is 0 Å². The lowest BCUT2D eigenvalue weighted by molar-refractivity contribution is 0.581. The summed E-state index contributed by atoms with van der Waals surface area (Å²) < 4.78 is 9.18. The van der Waals surface area contributed by atoms with Crippen LogP contribution in [0.25, 0.3) is 11.5 Å². The summed E-state index contributed by atoms with van der Waals surface area (Å²) in [6.07, 6.45) is 1.57. The Morgan fingerprint density at radius 3 is 2.75 bits per heavy atom. The van der Waals surface area contributed by atoms with Crippen LogP contribution in [0.1, 0.15) is 0 Å². The molecule has 2 rings (SSSR count). The van der Waals surface area contributed by atoms with Gasteiger partial charge in [0.1, 0.15) is 10.7 Å². The van der Waals surface area contributed by atoms with E-state index in [1.165, 1.54) is 11.5 Å². The molecule has 0 aliphatic rings. The molecule has 0 unspecified atom stereocenters. The molecule has 0 radical (unpaired) electrons. The van der Waals surface area contributed by atoms with Crippen LogP contribution in [0, 0.1) is 0 Å². The molecule has 0 bridgehead atoms. The first-order valence-electron chi connectivity index (χ1n) is 3.33. The number of furan rings is 1. The Labute approximate surface area is 73.0 Å². The molecule has 0 atom stereocenters. The van der Waals surface area contributed by atoms with E-state index in [0.717, 1.165) is 0 Å². The van der Waals surface area contributed by atoms with E-state index < -0.39 is 0 Å². The van der Waals surface area contributed by atoms with Crippen molar-refractivity contribution in [2.45, 2.75) is 0 Å². The fraction of sp³-hybridized carbons (Fsp3) is 0. The summed E-state index contributed by atoms with van der Waals surface area (Å²) in [6, 6.07) is 3.58. The lowest BCUT2D eigenvalue weighted by atomic mass is 10.3. The van der Waals surface area contributed by atoms with Crippen molar-refractivity contribution in [3.63, 3.8) is 0 Å². The summed E-state index contributed by atoms with van der Waals surface area (Å²) in [5.41, 5.74) is 12.3. The highest BCUT2D eigenvalue weighted by atomic mass is 32.1. The van der Waals surface area contributed by atoms with Gasteiger partial charge in [0.2, 0.25) is 0 Å². The summed E-state index contributed by atoms with van der Waals surface area (Å²) >= 11 is 1.17. The van der Waals surface area contributed by atoms with Gasteiger partial charge in [-0.25, -0.2) is 0 Å². The predicted molar refractivity (Wildman–Crippen MR) is 48.6 cm³/mol. The number of hydrogen-bond donors (Lipinski definition) is 2. The van der Waals surface area contributed by atoms with Gasteiger partial charge in [-0.15, -0.1) is 0 Å². The topological polar surface area (TPSA) is 78.1 Å². The lowest BCUT2D eigenvalue weighted by Crippen LogP contribution is -1.90. The maximum absolute atomic E-state index is 5.66. The van der Waals surface area contributed by atoms with Crippen LogP contribution in [0.4, 0.5) is 10.7 Å². The molecule has 0 aliphatic carbocycles. The fourth-order valence-electron chi connectivity index (χ4n) is 0.901. The zero-order chi connectivity index (χ0) is 8.55. The predicted octanol–water partition coefficient (Wildman–Crippen LogP) is 1.57. The van der Waals surface area contributed by atoms with E-state index in [2.05, 4.69) is 4.37 Å². The number of nitrogens with zero attached hydrogens (tertiary/aromatic N) is 1. The van der Waals surface area contributed by atoms with E-state index in [-0.39, 0.29) is 0 Å². The van der Waals surface area contributed by atoms with Crippen LogP contribution >= 0.6 is 11.5 Å². The Balaban J connectivity index is 2.55. The fourth-order valence-corrected chi connectivity index (χ4v) is 1.47. The third-order valence-corrected chi connectivity index (χ3v) is 2.20. The Bertz CT molecular complexity index is 379. The van der Waals surface area contributed by atoms with Crippen molar-refractivity contribution < 1.29 is 4.42 Å². The standard InChI is InChI=1S/C7H7N3OS/c8-5-6(10-12-7(5)9)4-2-1-3-11-4/h1-3H,8-9H2. The SMILES string of the molecule is Nc1snc(-c2ccco2)c1N. The van der Waals surface area contributed by atoms with E-state index in [1.54, 1.807) is 18.4 Å². The third-order valence-electron chi connectivity index (χ3n) is 1.51. The van der Waals surface area contributed by atoms with Crippen molar-refractivity contribution in [2.75, 3.05) is 11.5 Å². The molecule has 0 aromatic carbocycles. The van der Waals surface area contributed by atoms with Crippen LogP contribution < -0.4 is 11.5 Å². The lowest BCUT2D eigenvalue weighted by Gasteiger charge is -1.91. The molecule has 5 heteroatoms. The van der Waals surface area contributed by atoms with Crippen LogP contribution in [-0.4, -0.2) is 4.37 Å². The molecular weight excluding hydrogens is 174 g/mol. The number of nitrogens with two attached hydrogens (primary N) is 2. The number of nitrogen functional groups attached to an aromatic ring is 2. The highest BCUT2D eigenvalue weighted by Crippen LogP contribution is 2.32. The summed E-state index contributed by atoms with van der Waals surface area (Å²) in [4.78, 5) is 0. The van der Waals surface area contributed by atoms with Gasteiger partial charge < -0.3 is 15.9 Å². The maximum Gasteiger partial charge on any atom is 0.155 e. The second kappa shape index (κ2) is 2.53. The largest absolute Gasteiger partial charge is 0.463 e. The van der Waals surface area contributed by atoms with Gasteiger partial charge in [0.05, 0.1) is 12.0 Å². The minimum Gasteiger partial charge on any atom is -0.463 e. The second-order valence-electron chi connectivity index (χ2n) is 2.29. The van der Waals surface area contributed by atoms with Gasteiger partial charge >= 0.3 is 0 Å². The molecule has 62 valence electrons. The Morgan fingerprint density at radius 2 is 2.25 bits per heavy atom. The van der Waals surface area contributed by atoms with Crippen molar-refractivity contribution in [3.8, 4) is 11.5 Å². The Kier molecular flexibility index (Phi) is 1.51. The quantitative estimate of drug-likeness (QED) is 0.699. The van der Waals surface area contributed by atoms with Crippen LogP contribution in [0.15, 0.2) is 22.8 Å². The molecule has 0 amide bonds. The van der Waals surface area contributed by atoms with Gasteiger partial charge in [-0.2, -0.15) is 4.37 Å². The van der Waals surface area contributed by atoms with Gasteiger partial charge in [0.15, 0.2) is 5.76 Å². The molecule has 4 N–H and O–H groups in total. The molecule has 0 fully saturated rings.